The predicted octanol–water partition coefficient (Wildman–Crippen LogP) is 3.05. The molecule has 0 amide bonds. The molecule has 2 aliphatic rings. The van der Waals surface area contributed by atoms with Crippen molar-refractivity contribution in [3.63, 3.8) is 0 Å². The second-order valence-corrected chi connectivity index (χ2v) is 7.14. The highest BCUT2D eigenvalue weighted by Crippen LogP contribution is 2.29. The molecule has 0 bridgehead atoms. The van der Waals surface area contributed by atoms with Gasteiger partial charge in [-0.25, -0.2) is 0 Å². The van der Waals surface area contributed by atoms with Crippen LogP contribution in [0.4, 0.5) is 0 Å². The highest BCUT2D eigenvalue weighted by Gasteiger charge is 2.37. The third-order valence-corrected chi connectivity index (χ3v) is 5.40. The number of nitrogens with zero attached hydrogens (tertiary/aromatic N) is 2. The van der Waals surface area contributed by atoms with Crippen LogP contribution in [0.2, 0.25) is 0 Å². The zero-order valence-corrected chi connectivity index (χ0v) is 12.3. The van der Waals surface area contributed by atoms with Crippen LogP contribution >= 0.6 is 11.3 Å². The van der Waals surface area contributed by atoms with Gasteiger partial charge in [-0.1, -0.05) is 19.9 Å². The second-order valence-electron chi connectivity index (χ2n) is 6.11. The summed E-state index contributed by atoms with van der Waals surface area (Å²) in [5, 5.41) is 2.20. The molecule has 0 spiro atoms. The van der Waals surface area contributed by atoms with Gasteiger partial charge in [0.2, 0.25) is 0 Å². The molecule has 0 aromatic carbocycles. The maximum absolute atomic E-state index is 2.74. The van der Waals surface area contributed by atoms with Gasteiger partial charge in [-0.15, -0.1) is 11.3 Å². The minimum absolute atomic E-state index is 0.737. The minimum atomic E-state index is 0.737. The monoisotopic (exact) mass is 264 g/mol. The summed E-state index contributed by atoms with van der Waals surface area (Å²) in [5.74, 6) is 0.756. The Labute approximate surface area is 115 Å². The molecule has 2 unspecified atom stereocenters. The van der Waals surface area contributed by atoms with Crippen molar-refractivity contribution >= 4 is 11.3 Å². The number of thiophene rings is 1. The van der Waals surface area contributed by atoms with E-state index < -0.39 is 0 Å². The maximum atomic E-state index is 2.74. The fourth-order valence-electron chi connectivity index (χ4n) is 3.52. The first-order valence-electron chi connectivity index (χ1n) is 7.24. The molecule has 3 heteroatoms. The molecule has 0 radical (unpaired) electrons. The van der Waals surface area contributed by atoms with Crippen LogP contribution in [-0.2, 0) is 6.54 Å². The van der Waals surface area contributed by atoms with Gasteiger partial charge in [0, 0.05) is 36.6 Å². The van der Waals surface area contributed by atoms with Crippen molar-refractivity contribution in [2.24, 2.45) is 5.92 Å². The summed E-state index contributed by atoms with van der Waals surface area (Å²) in [4.78, 5) is 6.99. The molecule has 2 atom stereocenters. The third-order valence-electron chi connectivity index (χ3n) is 4.54. The number of hydrogen-bond acceptors (Lipinski definition) is 3. The maximum Gasteiger partial charge on any atom is 0.0332 e. The van der Waals surface area contributed by atoms with Crippen LogP contribution < -0.4 is 0 Å². The van der Waals surface area contributed by atoms with Crippen LogP contribution in [0.15, 0.2) is 17.5 Å². The molecule has 0 saturated carbocycles. The molecule has 1 aromatic rings. The van der Waals surface area contributed by atoms with Crippen LogP contribution in [0.3, 0.4) is 0 Å². The smallest absolute Gasteiger partial charge is 0.0332 e. The lowest BCUT2D eigenvalue weighted by Crippen LogP contribution is -2.57. The summed E-state index contributed by atoms with van der Waals surface area (Å²) in [6, 6.07) is 6.03. The number of fused-ring (bicyclic) bond motifs is 1. The molecule has 2 nitrogen and oxygen atoms in total. The van der Waals surface area contributed by atoms with Gasteiger partial charge >= 0.3 is 0 Å². The highest BCUT2D eigenvalue weighted by atomic mass is 32.1. The molecule has 100 valence electrons. The van der Waals surface area contributed by atoms with Crippen molar-refractivity contribution in [2.45, 2.75) is 45.3 Å². The van der Waals surface area contributed by atoms with Gasteiger partial charge in [0.15, 0.2) is 0 Å². The van der Waals surface area contributed by atoms with Gasteiger partial charge in [0.25, 0.3) is 0 Å². The Morgan fingerprint density at radius 3 is 3.00 bits per heavy atom. The van der Waals surface area contributed by atoms with Crippen LogP contribution in [0.5, 0.6) is 0 Å². The van der Waals surface area contributed by atoms with Crippen LogP contribution in [-0.4, -0.2) is 41.5 Å². The largest absolute Gasteiger partial charge is 0.298 e. The standard InChI is InChI=1S/C15H24N2S/c1-12(2)15-11-16-7-3-5-13(16)9-17(15)10-14-6-4-8-18-14/h4,6,8,12-13,15H,3,5,7,9-11H2,1-2H3. The van der Waals surface area contributed by atoms with E-state index in [1.54, 1.807) is 0 Å². The van der Waals surface area contributed by atoms with Crippen molar-refractivity contribution in [3.8, 4) is 0 Å². The summed E-state index contributed by atoms with van der Waals surface area (Å²) < 4.78 is 0. The molecule has 1 aromatic heterocycles. The van der Waals surface area contributed by atoms with E-state index in [0.29, 0.717) is 0 Å². The van der Waals surface area contributed by atoms with Crippen molar-refractivity contribution in [2.75, 3.05) is 19.6 Å². The van der Waals surface area contributed by atoms with E-state index in [-0.39, 0.29) is 0 Å². The average molecular weight is 264 g/mol. The lowest BCUT2D eigenvalue weighted by Gasteiger charge is -2.45. The first kappa shape index (κ1) is 12.6. The first-order chi connectivity index (χ1) is 8.74. The zero-order chi connectivity index (χ0) is 12.5. The van der Waals surface area contributed by atoms with E-state index in [9.17, 15) is 0 Å². The lowest BCUT2D eigenvalue weighted by atomic mass is 9.97. The Kier molecular flexibility index (Phi) is 3.73. The van der Waals surface area contributed by atoms with Crippen molar-refractivity contribution in [1.82, 2.24) is 9.80 Å². The third kappa shape index (κ3) is 2.49. The van der Waals surface area contributed by atoms with Crippen molar-refractivity contribution in [3.05, 3.63) is 22.4 Å². The number of piperazine rings is 1. The molecule has 2 fully saturated rings. The summed E-state index contributed by atoms with van der Waals surface area (Å²) in [7, 11) is 0. The van der Waals surface area contributed by atoms with E-state index in [1.165, 1.54) is 37.4 Å². The Balaban J connectivity index is 1.72. The molecule has 3 rings (SSSR count). The molecular weight excluding hydrogens is 240 g/mol. The van der Waals surface area contributed by atoms with E-state index >= 15 is 0 Å². The van der Waals surface area contributed by atoms with E-state index in [1.807, 2.05) is 11.3 Å². The van der Waals surface area contributed by atoms with E-state index in [2.05, 4.69) is 41.2 Å². The summed E-state index contributed by atoms with van der Waals surface area (Å²) in [5.41, 5.74) is 0. The summed E-state index contributed by atoms with van der Waals surface area (Å²) in [6.07, 6.45) is 2.81. The van der Waals surface area contributed by atoms with Gasteiger partial charge in [-0.05, 0) is 36.8 Å². The normalized spacial score (nSPS) is 29.9. The topological polar surface area (TPSA) is 6.48 Å². The Morgan fingerprint density at radius 1 is 1.39 bits per heavy atom. The van der Waals surface area contributed by atoms with Gasteiger partial charge in [-0.3, -0.25) is 9.80 Å². The van der Waals surface area contributed by atoms with Crippen LogP contribution in [0.1, 0.15) is 31.6 Å². The van der Waals surface area contributed by atoms with Gasteiger partial charge in [0.1, 0.15) is 0 Å². The number of rotatable bonds is 3. The fourth-order valence-corrected chi connectivity index (χ4v) is 4.25. The van der Waals surface area contributed by atoms with Gasteiger partial charge < -0.3 is 0 Å². The summed E-state index contributed by atoms with van der Waals surface area (Å²) >= 11 is 1.90. The Morgan fingerprint density at radius 2 is 2.28 bits per heavy atom. The molecule has 3 heterocycles. The Hall–Kier alpha value is -0.380. The summed E-state index contributed by atoms with van der Waals surface area (Å²) in [6.45, 7) is 9.81. The minimum Gasteiger partial charge on any atom is -0.298 e. The van der Waals surface area contributed by atoms with Gasteiger partial charge in [0.05, 0.1) is 0 Å². The SMILES string of the molecule is CC(C)C1CN2CCCC2CN1Cc1cccs1. The van der Waals surface area contributed by atoms with Gasteiger partial charge in [-0.2, -0.15) is 0 Å². The second kappa shape index (κ2) is 5.32. The predicted molar refractivity (Wildman–Crippen MR) is 78.0 cm³/mol. The first-order valence-corrected chi connectivity index (χ1v) is 8.12. The zero-order valence-electron chi connectivity index (χ0n) is 11.5. The van der Waals surface area contributed by atoms with Crippen molar-refractivity contribution < 1.29 is 0 Å². The molecule has 18 heavy (non-hydrogen) atoms. The van der Waals surface area contributed by atoms with Crippen LogP contribution in [0.25, 0.3) is 0 Å². The fraction of sp³-hybridized carbons (Fsp3) is 0.733. The van der Waals surface area contributed by atoms with Crippen molar-refractivity contribution in [1.29, 1.82) is 0 Å². The molecule has 0 aliphatic carbocycles. The van der Waals surface area contributed by atoms with E-state index in [4.69, 9.17) is 0 Å². The Bertz CT molecular complexity index is 374. The average Bonchev–Trinajstić information content (AvgIpc) is 2.97. The quantitative estimate of drug-likeness (QED) is 0.828. The lowest BCUT2D eigenvalue weighted by molar-refractivity contribution is 0.0246. The molecular formula is C15H24N2S. The molecule has 2 aliphatic heterocycles. The molecule has 2 saturated heterocycles. The highest BCUT2D eigenvalue weighted by molar-refractivity contribution is 7.09. The molecule has 0 N–H and O–H groups in total. The number of hydrogen-bond donors (Lipinski definition) is 0. The van der Waals surface area contributed by atoms with Crippen LogP contribution in [0, 0.1) is 5.92 Å². The van der Waals surface area contributed by atoms with E-state index in [0.717, 1.165) is 24.5 Å².